The summed E-state index contributed by atoms with van der Waals surface area (Å²) >= 11 is 0. The highest BCUT2D eigenvalue weighted by Crippen LogP contribution is 2.30. The topological polar surface area (TPSA) is 104 Å². The van der Waals surface area contributed by atoms with Gasteiger partial charge in [0.05, 0.1) is 24.6 Å². The van der Waals surface area contributed by atoms with Crippen LogP contribution >= 0.6 is 0 Å². The molecule has 9 nitrogen and oxygen atoms in total. The number of carbonyl (C=O) groups excluding carboxylic acids is 2. The van der Waals surface area contributed by atoms with E-state index in [1.54, 1.807) is 35.9 Å². The van der Waals surface area contributed by atoms with Gasteiger partial charge in [0, 0.05) is 18.7 Å². The van der Waals surface area contributed by atoms with Crippen LogP contribution in [-0.4, -0.2) is 45.1 Å². The molecule has 0 radical (unpaired) electrons. The average molecular weight is 436 g/mol. The first-order chi connectivity index (χ1) is 15.6. The van der Waals surface area contributed by atoms with E-state index >= 15 is 0 Å². The predicted molar refractivity (Wildman–Crippen MR) is 115 cm³/mol. The Hall–Kier alpha value is -3.33. The van der Waals surface area contributed by atoms with Crippen LogP contribution in [0, 0.1) is 5.92 Å². The van der Waals surface area contributed by atoms with Crippen molar-refractivity contribution in [1.82, 2.24) is 14.0 Å². The van der Waals surface area contributed by atoms with E-state index in [9.17, 15) is 14.4 Å². The lowest BCUT2D eigenvalue weighted by Gasteiger charge is -2.18. The first kappa shape index (κ1) is 20.6. The van der Waals surface area contributed by atoms with Crippen LogP contribution in [0.2, 0.25) is 0 Å². The van der Waals surface area contributed by atoms with Crippen molar-refractivity contribution in [3.8, 4) is 0 Å². The highest BCUT2D eigenvalue weighted by atomic mass is 16.5. The van der Waals surface area contributed by atoms with Gasteiger partial charge in [-0.05, 0) is 50.8 Å². The number of amides is 1. The third-order valence-electron chi connectivity index (χ3n) is 5.84. The van der Waals surface area contributed by atoms with Crippen LogP contribution in [0.5, 0.6) is 0 Å². The lowest BCUT2D eigenvalue weighted by atomic mass is 10.2. The minimum Gasteiger partial charge on any atom is -0.462 e. The van der Waals surface area contributed by atoms with Crippen molar-refractivity contribution in [3.63, 3.8) is 0 Å². The van der Waals surface area contributed by atoms with Gasteiger partial charge >= 0.3 is 5.97 Å². The summed E-state index contributed by atoms with van der Waals surface area (Å²) in [6.45, 7) is 2.84. The normalized spacial score (nSPS) is 19.0. The monoisotopic (exact) mass is 436 g/mol. The summed E-state index contributed by atoms with van der Waals surface area (Å²) in [6.07, 6.45) is 4.85. The quantitative estimate of drug-likeness (QED) is 0.447. The van der Waals surface area contributed by atoms with Gasteiger partial charge in [0.2, 0.25) is 0 Å². The molecule has 5 rings (SSSR count). The fourth-order valence-corrected chi connectivity index (χ4v) is 4.05. The van der Waals surface area contributed by atoms with Crippen molar-refractivity contribution in [2.75, 3.05) is 13.2 Å². The summed E-state index contributed by atoms with van der Waals surface area (Å²) in [6, 6.07) is 6.73. The Balaban J connectivity index is 1.86. The van der Waals surface area contributed by atoms with Gasteiger partial charge in [0.15, 0.2) is 5.49 Å². The molecule has 166 valence electrons. The Bertz CT molecular complexity index is 1350. The molecule has 1 atom stereocenters. The number of rotatable bonds is 5. The molecule has 1 aliphatic heterocycles. The molecule has 3 aromatic heterocycles. The van der Waals surface area contributed by atoms with E-state index in [4.69, 9.17) is 14.5 Å². The standard InChI is InChI=1S/C23H24N4O5/c1-2-31-23(30)17-12-16-19(24-18-7-3-4-10-26(18)22(16)29)27(13-15-6-5-11-32-15)20(17)25-21(28)14-8-9-14/h3-4,7,10,12,14-15H,2,5-6,8-9,11,13H2,1H3/t15-/m1/s1. The number of esters is 1. The van der Waals surface area contributed by atoms with Crippen LogP contribution in [-0.2, 0) is 20.8 Å². The molecule has 1 amide bonds. The third kappa shape index (κ3) is 3.73. The molecule has 4 heterocycles. The zero-order valence-corrected chi connectivity index (χ0v) is 17.8. The van der Waals surface area contributed by atoms with Gasteiger partial charge < -0.3 is 14.0 Å². The molecule has 32 heavy (non-hydrogen) atoms. The number of ether oxygens (including phenoxy) is 2. The van der Waals surface area contributed by atoms with Crippen molar-refractivity contribution in [2.45, 2.75) is 45.3 Å². The van der Waals surface area contributed by atoms with Crippen molar-refractivity contribution in [3.05, 3.63) is 51.9 Å². The lowest BCUT2D eigenvalue weighted by molar-refractivity contribution is -0.119. The second-order valence-electron chi connectivity index (χ2n) is 8.16. The summed E-state index contributed by atoms with van der Waals surface area (Å²) < 4.78 is 14.2. The van der Waals surface area contributed by atoms with E-state index < -0.39 is 5.97 Å². The van der Waals surface area contributed by atoms with Gasteiger partial charge in [-0.25, -0.2) is 9.78 Å². The fraction of sp³-hybridized carbons (Fsp3) is 0.435. The van der Waals surface area contributed by atoms with Gasteiger partial charge in [-0.3, -0.25) is 14.0 Å². The molecule has 1 saturated heterocycles. The molecular weight excluding hydrogens is 412 g/mol. The molecule has 0 N–H and O–H groups in total. The number of hydrogen-bond donors (Lipinski definition) is 0. The van der Waals surface area contributed by atoms with Crippen molar-refractivity contribution < 1.29 is 19.1 Å². The smallest absolute Gasteiger partial charge is 0.341 e. The number of nitrogens with zero attached hydrogens (tertiary/aromatic N) is 4. The van der Waals surface area contributed by atoms with Crippen LogP contribution in [0.25, 0.3) is 16.7 Å². The zero-order chi connectivity index (χ0) is 22.2. The first-order valence-electron chi connectivity index (χ1n) is 11.0. The summed E-state index contributed by atoms with van der Waals surface area (Å²) in [5.41, 5.74) is 0.788. The summed E-state index contributed by atoms with van der Waals surface area (Å²) in [5.74, 6) is -1.02. The fourth-order valence-electron chi connectivity index (χ4n) is 4.05. The Morgan fingerprint density at radius 3 is 2.84 bits per heavy atom. The molecule has 1 saturated carbocycles. The van der Waals surface area contributed by atoms with Crippen LogP contribution in [0.4, 0.5) is 0 Å². The lowest BCUT2D eigenvalue weighted by Crippen LogP contribution is -2.35. The van der Waals surface area contributed by atoms with Gasteiger partial charge in [-0.1, -0.05) is 6.07 Å². The first-order valence-corrected chi connectivity index (χ1v) is 11.0. The highest BCUT2D eigenvalue weighted by molar-refractivity contribution is 5.94. The summed E-state index contributed by atoms with van der Waals surface area (Å²) in [5, 5.41) is 0.257. The largest absolute Gasteiger partial charge is 0.462 e. The maximum absolute atomic E-state index is 13.3. The maximum atomic E-state index is 13.3. The second-order valence-corrected chi connectivity index (χ2v) is 8.16. The van der Waals surface area contributed by atoms with Gasteiger partial charge in [-0.2, -0.15) is 4.99 Å². The van der Waals surface area contributed by atoms with Crippen LogP contribution < -0.4 is 11.0 Å². The van der Waals surface area contributed by atoms with Crippen molar-refractivity contribution in [2.24, 2.45) is 10.9 Å². The van der Waals surface area contributed by atoms with Crippen LogP contribution in [0.3, 0.4) is 0 Å². The minimum absolute atomic E-state index is 0.0844. The third-order valence-corrected chi connectivity index (χ3v) is 5.84. The number of aromatic nitrogens is 3. The molecule has 0 bridgehead atoms. The molecule has 2 aliphatic rings. The Morgan fingerprint density at radius 1 is 1.28 bits per heavy atom. The molecule has 0 aromatic carbocycles. The van der Waals surface area contributed by atoms with E-state index in [1.165, 1.54) is 10.5 Å². The summed E-state index contributed by atoms with van der Waals surface area (Å²) in [7, 11) is 0. The van der Waals surface area contributed by atoms with E-state index in [1.807, 2.05) is 0 Å². The number of carbonyl (C=O) groups is 2. The Morgan fingerprint density at radius 2 is 2.12 bits per heavy atom. The Labute approximate surface area is 183 Å². The molecule has 9 heteroatoms. The molecule has 3 aromatic rings. The van der Waals surface area contributed by atoms with Gasteiger partial charge in [0.25, 0.3) is 11.5 Å². The zero-order valence-electron chi connectivity index (χ0n) is 17.8. The van der Waals surface area contributed by atoms with E-state index in [0.717, 1.165) is 25.7 Å². The van der Waals surface area contributed by atoms with E-state index in [0.29, 0.717) is 24.4 Å². The highest BCUT2D eigenvalue weighted by Gasteiger charge is 2.30. The predicted octanol–water partition coefficient (Wildman–Crippen LogP) is 1.84. The summed E-state index contributed by atoms with van der Waals surface area (Å²) in [4.78, 5) is 47.9. The minimum atomic E-state index is -0.629. The van der Waals surface area contributed by atoms with Gasteiger partial charge in [0.1, 0.15) is 16.9 Å². The van der Waals surface area contributed by atoms with E-state index in [2.05, 4.69) is 4.99 Å². The average Bonchev–Trinajstić information content (AvgIpc) is 3.52. The Kier molecular flexibility index (Phi) is 5.34. The molecule has 0 unspecified atom stereocenters. The SMILES string of the molecule is CCOC(=O)c1cc2c(=O)n3ccccc3nc2n(C[C@H]2CCCO2)c1=NC(=O)C1CC1. The van der Waals surface area contributed by atoms with Crippen LogP contribution in [0.15, 0.2) is 40.2 Å². The second kappa shape index (κ2) is 8.31. The maximum Gasteiger partial charge on any atom is 0.341 e. The number of pyridine rings is 2. The van der Waals surface area contributed by atoms with Crippen molar-refractivity contribution >= 4 is 28.6 Å². The molecule has 2 fully saturated rings. The number of hydrogen-bond acceptors (Lipinski definition) is 6. The number of fused-ring (bicyclic) bond motifs is 2. The van der Waals surface area contributed by atoms with E-state index in [-0.39, 0.29) is 46.5 Å². The van der Waals surface area contributed by atoms with Crippen molar-refractivity contribution in [1.29, 1.82) is 0 Å². The molecule has 0 spiro atoms. The molecule has 1 aliphatic carbocycles. The van der Waals surface area contributed by atoms with Gasteiger partial charge in [-0.15, -0.1) is 0 Å². The van der Waals surface area contributed by atoms with Crippen LogP contribution in [0.1, 0.15) is 43.0 Å². The molecular formula is C23H24N4O5.